The Hall–Kier alpha value is -1.62. The average Bonchev–Trinajstić information content (AvgIpc) is 2.47. The minimum atomic E-state index is 0.701. The normalized spacial score (nSPS) is 14.0. The summed E-state index contributed by atoms with van der Waals surface area (Å²) in [5.74, 6) is 1.69. The van der Waals surface area contributed by atoms with Crippen LogP contribution in [0.5, 0.6) is 0 Å². The smallest absolute Gasteiger partial charge is 0.224 e. The summed E-state index contributed by atoms with van der Waals surface area (Å²) in [6.07, 6.45) is 2.87. The first-order chi connectivity index (χ1) is 9.76. The lowest BCUT2D eigenvalue weighted by atomic mass is 10.00. The van der Waals surface area contributed by atoms with Crippen molar-refractivity contribution in [3.63, 3.8) is 0 Å². The van der Waals surface area contributed by atoms with Gasteiger partial charge in [-0.25, -0.2) is 4.98 Å². The van der Waals surface area contributed by atoms with Crippen molar-refractivity contribution in [3.8, 4) is 0 Å². The van der Waals surface area contributed by atoms with Gasteiger partial charge in [0.25, 0.3) is 0 Å². The Morgan fingerprint density at radius 2 is 2.20 bits per heavy atom. The molecule has 0 aliphatic carbocycles. The molecule has 0 unspecified atom stereocenters. The quantitative estimate of drug-likeness (QED) is 0.936. The molecule has 0 bridgehead atoms. The third-order valence-electron chi connectivity index (χ3n) is 3.48. The van der Waals surface area contributed by atoms with E-state index in [2.05, 4.69) is 54.3 Å². The SMILES string of the molecule is CCNc1nccc(N2CCc3cc(Br)ccc3C2)n1. The molecule has 1 aromatic carbocycles. The first kappa shape index (κ1) is 13.4. The number of hydrogen-bond donors (Lipinski definition) is 1. The first-order valence-electron chi connectivity index (χ1n) is 6.85. The molecule has 2 aromatic rings. The second-order valence-corrected chi connectivity index (χ2v) is 5.77. The number of anilines is 2. The lowest BCUT2D eigenvalue weighted by Crippen LogP contribution is -2.31. The van der Waals surface area contributed by atoms with E-state index in [0.717, 1.165) is 36.3 Å². The zero-order chi connectivity index (χ0) is 13.9. The van der Waals surface area contributed by atoms with Gasteiger partial charge in [0.05, 0.1) is 0 Å². The molecule has 1 aromatic heterocycles. The number of benzene rings is 1. The zero-order valence-electron chi connectivity index (χ0n) is 11.4. The summed E-state index contributed by atoms with van der Waals surface area (Å²) >= 11 is 3.53. The molecule has 0 spiro atoms. The number of halogens is 1. The molecule has 0 radical (unpaired) electrons. The van der Waals surface area contributed by atoms with Crippen LogP contribution in [-0.2, 0) is 13.0 Å². The molecule has 1 aliphatic rings. The Morgan fingerprint density at radius 1 is 1.30 bits per heavy atom. The Morgan fingerprint density at radius 3 is 3.05 bits per heavy atom. The van der Waals surface area contributed by atoms with E-state index in [4.69, 9.17) is 0 Å². The molecule has 0 saturated heterocycles. The molecule has 5 heteroatoms. The Kier molecular flexibility index (Phi) is 3.87. The van der Waals surface area contributed by atoms with Crippen LogP contribution in [0.1, 0.15) is 18.1 Å². The highest BCUT2D eigenvalue weighted by atomic mass is 79.9. The average molecular weight is 333 g/mol. The number of aromatic nitrogens is 2. The second kappa shape index (κ2) is 5.79. The number of rotatable bonds is 3. The van der Waals surface area contributed by atoms with Crippen LogP contribution in [-0.4, -0.2) is 23.1 Å². The van der Waals surface area contributed by atoms with Gasteiger partial charge in [0.15, 0.2) is 0 Å². The van der Waals surface area contributed by atoms with Crippen LogP contribution in [0.3, 0.4) is 0 Å². The molecule has 3 rings (SSSR count). The van der Waals surface area contributed by atoms with E-state index in [1.165, 1.54) is 11.1 Å². The highest BCUT2D eigenvalue weighted by Gasteiger charge is 2.17. The summed E-state index contributed by atoms with van der Waals surface area (Å²) in [6.45, 7) is 4.78. The van der Waals surface area contributed by atoms with Crippen molar-refractivity contribution in [2.45, 2.75) is 19.9 Å². The van der Waals surface area contributed by atoms with Crippen LogP contribution in [0.4, 0.5) is 11.8 Å². The number of nitrogens with one attached hydrogen (secondary N) is 1. The molecular weight excluding hydrogens is 316 g/mol. The van der Waals surface area contributed by atoms with E-state index in [1.54, 1.807) is 0 Å². The molecule has 2 heterocycles. The van der Waals surface area contributed by atoms with Crippen LogP contribution in [0.25, 0.3) is 0 Å². The number of nitrogens with zero attached hydrogens (tertiary/aromatic N) is 3. The fourth-order valence-electron chi connectivity index (χ4n) is 2.49. The van der Waals surface area contributed by atoms with Crippen molar-refractivity contribution in [1.29, 1.82) is 0 Å². The highest BCUT2D eigenvalue weighted by molar-refractivity contribution is 9.10. The highest BCUT2D eigenvalue weighted by Crippen LogP contribution is 2.25. The Bertz CT molecular complexity index is 615. The molecule has 0 fully saturated rings. The minimum absolute atomic E-state index is 0.701. The standard InChI is InChI=1S/C15H17BrN4/c1-2-17-15-18-7-5-14(19-15)20-8-6-11-9-13(16)4-3-12(11)10-20/h3-5,7,9H,2,6,8,10H2,1H3,(H,17,18,19). The van der Waals surface area contributed by atoms with Crippen LogP contribution < -0.4 is 10.2 Å². The van der Waals surface area contributed by atoms with E-state index in [9.17, 15) is 0 Å². The second-order valence-electron chi connectivity index (χ2n) is 4.85. The molecule has 1 aliphatic heterocycles. The monoisotopic (exact) mass is 332 g/mol. The van der Waals surface area contributed by atoms with E-state index in [1.807, 2.05) is 19.2 Å². The van der Waals surface area contributed by atoms with E-state index >= 15 is 0 Å². The largest absolute Gasteiger partial charge is 0.354 e. The van der Waals surface area contributed by atoms with Crippen LogP contribution in [0.15, 0.2) is 34.9 Å². The fraction of sp³-hybridized carbons (Fsp3) is 0.333. The van der Waals surface area contributed by atoms with Gasteiger partial charge < -0.3 is 10.2 Å². The topological polar surface area (TPSA) is 41.1 Å². The van der Waals surface area contributed by atoms with Gasteiger partial charge in [-0.1, -0.05) is 22.0 Å². The summed E-state index contributed by atoms with van der Waals surface area (Å²) in [5.41, 5.74) is 2.81. The molecule has 0 saturated carbocycles. The van der Waals surface area contributed by atoms with Crippen molar-refractivity contribution < 1.29 is 0 Å². The van der Waals surface area contributed by atoms with Crippen molar-refractivity contribution in [2.24, 2.45) is 0 Å². The van der Waals surface area contributed by atoms with E-state index in [0.29, 0.717) is 5.95 Å². The summed E-state index contributed by atoms with van der Waals surface area (Å²) < 4.78 is 1.15. The van der Waals surface area contributed by atoms with Gasteiger partial charge in [0.2, 0.25) is 5.95 Å². The van der Waals surface area contributed by atoms with Crippen LogP contribution in [0, 0.1) is 0 Å². The third-order valence-corrected chi connectivity index (χ3v) is 3.97. The fourth-order valence-corrected chi connectivity index (χ4v) is 2.89. The van der Waals surface area contributed by atoms with Crippen LogP contribution >= 0.6 is 15.9 Å². The Balaban J connectivity index is 1.83. The summed E-state index contributed by atoms with van der Waals surface area (Å²) in [4.78, 5) is 11.1. The molecule has 0 atom stereocenters. The van der Waals surface area contributed by atoms with Gasteiger partial charge in [-0.15, -0.1) is 0 Å². The molecule has 4 nitrogen and oxygen atoms in total. The summed E-state index contributed by atoms with van der Waals surface area (Å²) in [5, 5.41) is 3.16. The van der Waals surface area contributed by atoms with Crippen molar-refractivity contribution >= 4 is 27.7 Å². The number of fused-ring (bicyclic) bond motifs is 1. The van der Waals surface area contributed by atoms with Gasteiger partial charge in [-0.05, 0) is 42.7 Å². The van der Waals surface area contributed by atoms with E-state index < -0.39 is 0 Å². The summed E-state index contributed by atoms with van der Waals surface area (Å²) in [6, 6.07) is 8.49. The predicted octanol–water partition coefficient (Wildman–Crippen LogP) is 3.23. The molecule has 0 amide bonds. The van der Waals surface area contributed by atoms with Gasteiger partial charge >= 0.3 is 0 Å². The van der Waals surface area contributed by atoms with E-state index in [-0.39, 0.29) is 0 Å². The molecule has 20 heavy (non-hydrogen) atoms. The molecule has 1 N–H and O–H groups in total. The van der Waals surface area contributed by atoms with Crippen LogP contribution in [0.2, 0.25) is 0 Å². The predicted molar refractivity (Wildman–Crippen MR) is 85.1 cm³/mol. The van der Waals surface area contributed by atoms with Crippen molar-refractivity contribution in [3.05, 3.63) is 46.1 Å². The maximum atomic E-state index is 4.57. The summed E-state index contributed by atoms with van der Waals surface area (Å²) in [7, 11) is 0. The maximum Gasteiger partial charge on any atom is 0.224 e. The number of hydrogen-bond acceptors (Lipinski definition) is 4. The van der Waals surface area contributed by atoms with Gasteiger partial charge in [0.1, 0.15) is 5.82 Å². The Labute approximate surface area is 127 Å². The molecule has 104 valence electrons. The van der Waals surface area contributed by atoms with Crippen molar-refractivity contribution in [2.75, 3.05) is 23.3 Å². The molecular formula is C15H17BrN4. The van der Waals surface area contributed by atoms with Gasteiger partial charge in [-0.2, -0.15) is 4.98 Å². The zero-order valence-corrected chi connectivity index (χ0v) is 13.0. The lowest BCUT2D eigenvalue weighted by Gasteiger charge is -2.30. The first-order valence-corrected chi connectivity index (χ1v) is 7.64. The maximum absolute atomic E-state index is 4.57. The van der Waals surface area contributed by atoms with Crippen molar-refractivity contribution in [1.82, 2.24) is 9.97 Å². The lowest BCUT2D eigenvalue weighted by molar-refractivity contribution is 0.719. The van der Waals surface area contributed by atoms with Gasteiger partial charge in [-0.3, -0.25) is 0 Å². The van der Waals surface area contributed by atoms with Gasteiger partial charge in [0, 0.05) is 30.3 Å². The minimum Gasteiger partial charge on any atom is -0.354 e. The third kappa shape index (κ3) is 2.77.